The minimum atomic E-state index is -3.40. The summed E-state index contributed by atoms with van der Waals surface area (Å²) in [4.78, 5) is 0.308. The molecule has 0 aromatic heterocycles. The zero-order valence-corrected chi connectivity index (χ0v) is 13.0. The van der Waals surface area contributed by atoms with Gasteiger partial charge in [-0.25, -0.2) is 13.1 Å². The van der Waals surface area contributed by atoms with Gasteiger partial charge >= 0.3 is 0 Å². The van der Waals surface area contributed by atoms with Crippen molar-refractivity contribution in [3.63, 3.8) is 0 Å². The van der Waals surface area contributed by atoms with Crippen LogP contribution in [0.1, 0.15) is 18.9 Å². The molecule has 0 heterocycles. The molecule has 0 amide bonds. The van der Waals surface area contributed by atoms with Gasteiger partial charge in [0.2, 0.25) is 10.0 Å². The number of hydrogen-bond acceptors (Lipinski definition) is 4. The van der Waals surface area contributed by atoms with Crippen LogP contribution in [0.2, 0.25) is 0 Å². The van der Waals surface area contributed by atoms with Crippen molar-refractivity contribution in [2.45, 2.75) is 24.7 Å². The molecule has 0 saturated heterocycles. The van der Waals surface area contributed by atoms with Crippen molar-refractivity contribution >= 4 is 10.0 Å². The number of likely N-dealkylation sites (N-methyl/N-ethyl adjacent to an activating group) is 1. The van der Waals surface area contributed by atoms with Crippen molar-refractivity contribution in [1.29, 1.82) is 0 Å². The first-order chi connectivity index (χ1) is 9.60. The van der Waals surface area contributed by atoms with E-state index in [9.17, 15) is 8.42 Å². The number of sulfonamides is 1. The molecule has 0 fully saturated rings. The van der Waals surface area contributed by atoms with Crippen LogP contribution in [0.4, 0.5) is 0 Å². The van der Waals surface area contributed by atoms with E-state index in [0.29, 0.717) is 24.5 Å². The van der Waals surface area contributed by atoms with Gasteiger partial charge in [0.25, 0.3) is 0 Å². The van der Waals surface area contributed by atoms with Gasteiger partial charge in [-0.05, 0) is 43.6 Å². The molecule has 5 nitrogen and oxygen atoms in total. The smallest absolute Gasteiger partial charge is 0.240 e. The number of rotatable bonds is 10. The predicted octanol–water partition coefficient (Wildman–Crippen LogP) is 1.15. The van der Waals surface area contributed by atoms with Gasteiger partial charge in [-0.2, -0.15) is 0 Å². The minimum Gasteiger partial charge on any atom is -0.385 e. The van der Waals surface area contributed by atoms with Crippen LogP contribution in [0, 0.1) is 0 Å². The first-order valence-corrected chi connectivity index (χ1v) is 8.36. The van der Waals surface area contributed by atoms with Crippen molar-refractivity contribution in [2.75, 3.05) is 33.4 Å². The van der Waals surface area contributed by atoms with Crippen LogP contribution in [-0.4, -0.2) is 41.8 Å². The molecule has 0 spiro atoms. The van der Waals surface area contributed by atoms with Crippen molar-refractivity contribution in [2.24, 2.45) is 0 Å². The maximum absolute atomic E-state index is 12.0. The molecule has 6 heteroatoms. The standard InChI is InChI=1S/C14H24N2O3S/c1-3-15-11-9-13-5-7-14(8-6-13)20(17,18)16-10-4-12-19-2/h5-8,15-16H,3-4,9-12H2,1-2H3. The van der Waals surface area contributed by atoms with E-state index in [1.807, 2.05) is 12.1 Å². The van der Waals surface area contributed by atoms with Crippen LogP contribution in [0.15, 0.2) is 29.2 Å². The van der Waals surface area contributed by atoms with Crippen molar-refractivity contribution in [3.8, 4) is 0 Å². The summed E-state index contributed by atoms with van der Waals surface area (Å²) in [6.07, 6.45) is 1.56. The Labute approximate surface area is 121 Å². The number of methoxy groups -OCH3 is 1. The van der Waals surface area contributed by atoms with Crippen LogP contribution < -0.4 is 10.0 Å². The summed E-state index contributed by atoms with van der Waals surface area (Å²) in [7, 11) is -1.81. The number of nitrogens with one attached hydrogen (secondary N) is 2. The fourth-order valence-corrected chi connectivity index (χ4v) is 2.83. The Balaban J connectivity index is 2.53. The van der Waals surface area contributed by atoms with Crippen LogP contribution >= 0.6 is 0 Å². The fourth-order valence-electron chi connectivity index (χ4n) is 1.75. The Morgan fingerprint density at radius 3 is 2.45 bits per heavy atom. The van der Waals surface area contributed by atoms with Gasteiger partial charge in [-0.1, -0.05) is 19.1 Å². The number of ether oxygens (including phenoxy) is 1. The Bertz CT molecular complexity index is 472. The molecule has 114 valence electrons. The maximum atomic E-state index is 12.0. The zero-order valence-electron chi connectivity index (χ0n) is 12.2. The molecule has 0 saturated carbocycles. The highest BCUT2D eigenvalue weighted by Crippen LogP contribution is 2.10. The number of hydrogen-bond donors (Lipinski definition) is 2. The summed E-state index contributed by atoms with van der Waals surface area (Å²) in [6.45, 7) is 4.84. The van der Waals surface area contributed by atoms with Crippen LogP contribution in [-0.2, 0) is 21.2 Å². The molecule has 0 aliphatic heterocycles. The predicted molar refractivity (Wildman–Crippen MR) is 80.4 cm³/mol. The van der Waals surface area contributed by atoms with Gasteiger partial charge in [0.05, 0.1) is 4.90 Å². The average Bonchev–Trinajstić information content (AvgIpc) is 2.45. The van der Waals surface area contributed by atoms with Crippen LogP contribution in [0.25, 0.3) is 0 Å². The Kier molecular flexibility index (Phi) is 7.76. The van der Waals surface area contributed by atoms with Crippen molar-refractivity contribution < 1.29 is 13.2 Å². The highest BCUT2D eigenvalue weighted by atomic mass is 32.2. The maximum Gasteiger partial charge on any atom is 0.240 e. The molecule has 0 aliphatic rings. The van der Waals surface area contributed by atoms with Gasteiger partial charge in [-0.3, -0.25) is 0 Å². The second-order valence-electron chi connectivity index (χ2n) is 4.49. The second-order valence-corrected chi connectivity index (χ2v) is 6.26. The van der Waals surface area contributed by atoms with Crippen molar-refractivity contribution in [3.05, 3.63) is 29.8 Å². The summed E-state index contributed by atoms with van der Waals surface area (Å²) < 4.78 is 31.5. The molecule has 0 atom stereocenters. The van der Waals surface area contributed by atoms with Gasteiger partial charge in [0.15, 0.2) is 0 Å². The van der Waals surface area contributed by atoms with E-state index in [1.165, 1.54) is 0 Å². The quantitative estimate of drug-likeness (QED) is 0.636. The van der Waals surface area contributed by atoms with Gasteiger partial charge < -0.3 is 10.1 Å². The normalized spacial score (nSPS) is 11.7. The van der Waals surface area contributed by atoms with Crippen molar-refractivity contribution in [1.82, 2.24) is 10.0 Å². The molecular weight excluding hydrogens is 276 g/mol. The summed E-state index contributed by atoms with van der Waals surface area (Å²) in [5, 5.41) is 3.24. The fraction of sp³-hybridized carbons (Fsp3) is 0.571. The Hall–Kier alpha value is -0.950. The summed E-state index contributed by atoms with van der Waals surface area (Å²) >= 11 is 0. The van der Waals surface area contributed by atoms with E-state index in [1.54, 1.807) is 19.2 Å². The largest absolute Gasteiger partial charge is 0.385 e. The number of benzene rings is 1. The molecule has 20 heavy (non-hydrogen) atoms. The molecular formula is C14H24N2O3S. The first kappa shape index (κ1) is 17.1. The van der Waals surface area contributed by atoms with E-state index in [4.69, 9.17) is 4.74 Å². The summed E-state index contributed by atoms with van der Waals surface area (Å²) in [5.74, 6) is 0. The lowest BCUT2D eigenvalue weighted by molar-refractivity contribution is 0.196. The summed E-state index contributed by atoms with van der Waals surface area (Å²) in [5.41, 5.74) is 1.13. The van der Waals surface area contributed by atoms with Gasteiger partial charge in [0, 0.05) is 20.3 Å². The molecule has 1 rings (SSSR count). The molecule has 2 N–H and O–H groups in total. The van der Waals surface area contributed by atoms with Gasteiger partial charge in [0.1, 0.15) is 0 Å². The molecule has 0 radical (unpaired) electrons. The third-order valence-electron chi connectivity index (χ3n) is 2.89. The lowest BCUT2D eigenvalue weighted by Crippen LogP contribution is -2.25. The molecule has 1 aromatic carbocycles. The first-order valence-electron chi connectivity index (χ1n) is 6.88. The minimum absolute atomic E-state index is 0.308. The van der Waals surface area contributed by atoms with E-state index in [2.05, 4.69) is 17.0 Å². The van der Waals surface area contributed by atoms with E-state index >= 15 is 0 Å². The Morgan fingerprint density at radius 1 is 1.15 bits per heavy atom. The molecule has 0 aliphatic carbocycles. The molecule has 1 aromatic rings. The SMILES string of the molecule is CCNCCc1ccc(S(=O)(=O)NCCCOC)cc1. The Morgan fingerprint density at radius 2 is 1.85 bits per heavy atom. The topological polar surface area (TPSA) is 67.4 Å². The molecule has 0 unspecified atom stereocenters. The lowest BCUT2D eigenvalue weighted by atomic mass is 10.1. The zero-order chi connectivity index (χ0) is 14.8. The van der Waals surface area contributed by atoms with Crippen LogP contribution in [0.5, 0.6) is 0 Å². The highest BCUT2D eigenvalue weighted by Gasteiger charge is 2.12. The highest BCUT2D eigenvalue weighted by molar-refractivity contribution is 7.89. The second kappa shape index (κ2) is 9.07. The van der Waals surface area contributed by atoms with E-state index < -0.39 is 10.0 Å². The van der Waals surface area contributed by atoms with E-state index in [-0.39, 0.29) is 0 Å². The van der Waals surface area contributed by atoms with Crippen LogP contribution in [0.3, 0.4) is 0 Å². The third-order valence-corrected chi connectivity index (χ3v) is 4.37. The monoisotopic (exact) mass is 300 g/mol. The molecule has 0 bridgehead atoms. The summed E-state index contributed by atoms with van der Waals surface area (Å²) in [6, 6.07) is 7.03. The average molecular weight is 300 g/mol. The van der Waals surface area contributed by atoms with E-state index in [0.717, 1.165) is 25.1 Å². The third kappa shape index (κ3) is 6.00. The lowest BCUT2D eigenvalue weighted by Gasteiger charge is -2.08. The van der Waals surface area contributed by atoms with Gasteiger partial charge in [-0.15, -0.1) is 0 Å².